The standard InChI is InChI=1S/C11H16N2O4S/c14-11(13-7-10-2-1-4-17-10)6-9-8-18(15,16)5-3-12-9/h1-2,4,9,12H,3,5-8H2,(H,13,14). The van der Waals surface area contributed by atoms with Gasteiger partial charge < -0.3 is 15.1 Å². The number of carbonyl (C=O) groups is 1. The van der Waals surface area contributed by atoms with Crippen molar-refractivity contribution in [2.45, 2.75) is 19.0 Å². The zero-order chi connectivity index (χ0) is 13.0. The molecule has 1 amide bonds. The summed E-state index contributed by atoms with van der Waals surface area (Å²) in [7, 11) is -3.00. The number of hydrogen-bond acceptors (Lipinski definition) is 5. The van der Waals surface area contributed by atoms with E-state index in [0.717, 1.165) is 0 Å². The molecule has 1 unspecified atom stereocenters. The summed E-state index contributed by atoms with van der Waals surface area (Å²) in [6, 6.07) is 3.22. The minimum Gasteiger partial charge on any atom is -0.467 e. The lowest BCUT2D eigenvalue weighted by atomic mass is 10.2. The van der Waals surface area contributed by atoms with E-state index in [1.807, 2.05) is 0 Å². The molecular weight excluding hydrogens is 256 g/mol. The average Bonchev–Trinajstić information content (AvgIpc) is 2.77. The third kappa shape index (κ3) is 3.85. The number of nitrogens with one attached hydrogen (secondary N) is 2. The van der Waals surface area contributed by atoms with Crippen molar-refractivity contribution in [2.75, 3.05) is 18.1 Å². The van der Waals surface area contributed by atoms with Gasteiger partial charge in [0.25, 0.3) is 0 Å². The van der Waals surface area contributed by atoms with Gasteiger partial charge in [0.2, 0.25) is 5.91 Å². The third-order valence-electron chi connectivity index (χ3n) is 2.77. The van der Waals surface area contributed by atoms with Crippen LogP contribution < -0.4 is 10.6 Å². The predicted molar refractivity (Wildman–Crippen MR) is 65.6 cm³/mol. The molecular formula is C11H16N2O4S. The maximum Gasteiger partial charge on any atom is 0.221 e. The molecule has 6 nitrogen and oxygen atoms in total. The van der Waals surface area contributed by atoms with Crippen molar-refractivity contribution in [1.82, 2.24) is 10.6 Å². The fourth-order valence-electron chi connectivity index (χ4n) is 1.89. The fraction of sp³-hybridized carbons (Fsp3) is 0.545. The molecule has 2 rings (SSSR count). The van der Waals surface area contributed by atoms with Crippen LogP contribution in [0, 0.1) is 0 Å². The molecule has 7 heteroatoms. The van der Waals surface area contributed by atoms with Gasteiger partial charge in [-0.15, -0.1) is 0 Å². The Morgan fingerprint density at radius 1 is 1.56 bits per heavy atom. The normalized spacial score (nSPS) is 22.6. The first-order valence-electron chi connectivity index (χ1n) is 5.78. The predicted octanol–water partition coefficient (Wildman–Crippen LogP) is -0.327. The van der Waals surface area contributed by atoms with E-state index < -0.39 is 9.84 Å². The van der Waals surface area contributed by atoms with Crippen molar-refractivity contribution in [2.24, 2.45) is 0 Å². The van der Waals surface area contributed by atoms with Gasteiger partial charge in [0, 0.05) is 19.0 Å². The molecule has 2 heterocycles. The van der Waals surface area contributed by atoms with E-state index in [4.69, 9.17) is 4.42 Å². The van der Waals surface area contributed by atoms with Crippen LogP contribution in [0.4, 0.5) is 0 Å². The first kappa shape index (κ1) is 13.1. The monoisotopic (exact) mass is 272 g/mol. The Morgan fingerprint density at radius 2 is 2.39 bits per heavy atom. The van der Waals surface area contributed by atoms with E-state index in [0.29, 0.717) is 18.8 Å². The summed E-state index contributed by atoms with van der Waals surface area (Å²) in [5.41, 5.74) is 0. The number of hydrogen-bond donors (Lipinski definition) is 2. The second kappa shape index (κ2) is 5.53. The Bertz CT molecular complexity index is 495. The summed E-state index contributed by atoms with van der Waals surface area (Å²) in [5.74, 6) is 0.673. The van der Waals surface area contributed by atoms with Gasteiger partial charge in [-0.1, -0.05) is 0 Å². The molecule has 0 aromatic carbocycles. The molecule has 0 aliphatic carbocycles. The van der Waals surface area contributed by atoms with Gasteiger partial charge in [0.1, 0.15) is 5.76 Å². The Balaban J connectivity index is 1.77. The van der Waals surface area contributed by atoms with E-state index in [1.165, 1.54) is 6.26 Å². The Kier molecular flexibility index (Phi) is 4.03. The van der Waals surface area contributed by atoms with Gasteiger partial charge in [-0.3, -0.25) is 4.79 Å². The lowest BCUT2D eigenvalue weighted by Crippen LogP contribution is -2.47. The maximum atomic E-state index is 11.6. The van der Waals surface area contributed by atoms with Crippen LogP contribution in [0.1, 0.15) is 12.2 Å². The van der Waals surface area contributed by atoms with Crippen LogP contribution in [0.2, 0.25) is 0 Å². The highest BCUT2D eigenvalue weighted by Crippen LogP contribution is 2.05. The highest BCUT2D eigenvalue weighted by atomic mass is 32.2. The van der Waals surface area contributed by atoms with Gasteiger partial charge in [-0.25, -0.2) is 8.42 Å². The van der Waals surface area contributed by atoms with E-state index in [2.05, 4.69) is 10.6 Å². The van der Waals surface area contributed by atoms with Gasteiger partial charge in [0.05, 0.1) is 24.3 Å². The van der Waals surface area contributed by atoms with Crippen molar-refractivity contribution >= 4 is 15.7 Å². The van der Waals surface area contributed by atoms with Crippen LogP contribution >= 0.6 is 0 Å². The van der Waals surface area contributed by atoms with E-state index >= 15 is 0 Å². The Hall–Kier alpha value is -1.34. The Labute approximate surface area is 106 Å². The topological polar surface area (TPSA) is 88.4 Å². The van der Waals surface area contributed by atoms with Gasteiger partial charge in [0.15, 0.2) is 9.84 Å². The summed E-state index contributed by atoms with van der Waals surface area (Å²) in [6.45, 7) is 0.740. The van der Waals surface area contributed by atoms with E-state index in [-0.39, 0.29) is 29.9 Å². The second-order valence-corrected chi connectivity index (χ2v) is 6.55. The van der Waals surface area contributed by atoms with Crippen LogP contribution in [-0.2, 0) is 21.2 Å². The third-order valence-corrected chi connectivity index (χ3v) is 4.51. The molecule has 18 heavy (non-hydrogen) atoms. The van der Waals surface area contributed by atoms with Crippen molar-refractivity contribution in [3.8, 4) is 0 Å². The lowest BCUT2D eigenvalue weighted by Gasteiger charge is -2.22. The molecule has 1 atom stereocenters. The summed E-state index contributed by atoms with van der Waals surface area (Å²) in [4.78, 5) is 11.6. The highest BCUT2D eigenvalue weighted by molar-refractivity contribution is 7.91. The minimum atomic E-state index is -3.00. The van der Waals surface area contributed by atoms with E-state index in [1.54, 1.807) is 12.1 Å². The summed E-state index contributed by atoms with van der Waals surface area (Å²) >= 11 is 0. The first-order valence-corrected chi connectivity index (χ1v) is 7.60. The molecule has 1 aliphatic heterocycles. The largest absolute Gasteiger partial charge is 0.467 e. The average molecular weight is 272 g/mol. The maximum absolute atomic E-state index is 11.6. The van der Waals surface area contributed by atoms with E-state index in [9.17, 15) is 13.2 Å². The smallest absolute Gasteiger partial charge is 0.221 e. The summed E-state index contributed by atoms with van der Waals surface area (Å²) in [5, 5.41) is 5.73. The van der Waals surface area contributed by atoms with Crippen molar-refractivity contribution in [3.63, 3.8) is 0 Å². The summed E-state index contributed by atoms with van der Waals surface area (Å²) in [6.07, 6.45) is 1.71. The number of sulfone groups is 1. The molecule has 0 radical (unpaired) electrons. The quantitative estimate of drug-likeness (QED) is 0.783. The molecule has 1 aromatic heterocycles. The Morgan fingerprint density at radius 3 is 3.06 bits per heavy atom. The van der Waals surface area contributed by atoms with Gasteiger partial charge in [-0.2, -0.15) is 0 Å². The van der Waals surface area contributed by atoms with Crippen LogP contribution in [0.15, 0.2) is 22.8 Å². The SMILES string of the molecule is O=C(CC1CS(=O)(=O)CCN1)NCc1ccco1. The van der Waals surface area contributed by atoms with Crippen LogP contribution in [0.25, 0.3) is 0 Å². The molecule has 100 valence electrons. The molecule has 1 aliphatic rings. The summed E-state index contributed by atoms with van der Waals surface area (Å²) < 4.78 is 27.9. The van der Waals surface area contributed by atoms with Gasteiger partial charge in [-0.05, 0) is 12.1 Å². The number of amides is 1. The lowest BCUT2D eigenvalue weighted by molar-refractivity contribution is -0.121. The first-order chi connectivity index (χ1) is 8.55. The van der Waals surface area contributed by atoms with Crippen LogP contribution in [0.5, 0.6) is 0 Å². The molecule has 1 aromatic rings. The number of furan rings is 1. The van der Waals surface area contributed by atoms with Crippen molar-refractivity contribution in [3.05, 3.63) is 24.2 Å². The molecule has 0 saturated carbocycles. The number of carbonyl (C=O) groups excluding carboxylic acids is 1. The van der Waals surface area contributed by atoms with Crippen LogP contribution in [0.3, 0.4) is 0 Å². The molecule has 0 spiro atoms. The van der Waals surface area contributed by atoms with Crippen molar-refractivity contribution in [1.29, 1.82) is 0 Å². The van der Waals surface area contributed by atoms with Crippen LogP contribution in [-0.4, -0.2) is 38.4 Å². The molecule has 0 bridgehead atoms. The molecule has 1 saturated heterocycles. The minimum absolute atomic E-state index is 0.0289. The number of rotatable bonds is 4. The zero-order valence-electron chi connectivity index (χ0n) is 9.89. The zero-order valence-corrected chi connectivity index (χ0v) is 10.7. The second-order valence-electron chi connectivity index (χ2n) is 4.33. The van der Waals surface area contributed by atoms with Crippen molar-refractivity contribution < 1.29 is 17.6 Å². The van der Waals surface area contributed by atoms with Gasteiger partial charge >= 0.3 is 0 Å². The fourth-order valence-corrected chi connectivity index (χ4v) is 3.34. The molecule has 1 fully saturated rings. The molecule has 2 N–H and O–H groups in total. The highest BCUT2D eigenvalue weighted by Gasteiger charge is 2.25.